The van der Waals surface area contributed by atoms with E-state index in [-0.39, 0.29) is 23.5 Å². The molecule has 0 aliphatic carbocycles. The lowest BCUT2D eigenvalue weighted by molar-refractivity contribution is 0.314. The summed E-state index contributed by atoms with van der Waals surface area (Å²) in [7, 11) is 0. The van der Waals surface area contributed by atoms with Crippen LogP contribution in [0.3, 0.4) is 0 Å². The Morgan fingerprint density at radius 3 is 2.18 bits per heavy atom. The molecule has 0 heterocycles. The minimum atomic E-state index is -1.10. The molecule has 0 aliphatic heterocycles. The number of ether oxygens (including phenoxy) is 1. The van der Waals surface area contributed by atoms with Crippen LogP contribution in [0.25, 0.3) is 11.1 Å². The summed E-state index contributed by atoms with van der Waals surface area (Å²) in [6.07, 6.45) is 1.46. The monoisotopic (exact) mass is 384 g/mol. The summed E-state index contributed by atoms with van der Waals surface area (Å²) >= 11 is 0. The molecule has 0 saturated heterocycles. The Labute approximate surface area is 163 Å². The minimum Gasteiger partial charge on any atom is -0.491 e. The van der Waals surface area contributed by atoms with E-state index in [0.717, 1.165) is 17.5 Å². The van der Waals surface area contributed by atoms with E-state index in [2.05, 4.69) is 24.3 Å². The first-order valence-electron chi connectivity index (χ1n) is 9.36. The Hall–Kier alpha value is -2.75. The number of aryl methyl sites for hydroxylation is 4. The van der Waals surface area contributed by atoms with Crippen molar-refractivity contribution in [3.05, 3.63) is 88.2 Å². The van der Waals surface area contributed by atoms with Gasteiger partial charge in [-0.15, -0.1) is 0 Å². The number of benzene rings is 3. The van der Waals surface area contributed by atoms with Crippen molar-refractivity contribution >= 4 is 0 Å². The highest BCUT2D eigenvalue weighted by Crippen LogP contribution is 2.33. The Balaban J connectivity index is 1.87. The molecular weight excluding hydrogens is 361 g/mol. The Morgan fingerprint density at radius 1 is 0.786 bits per heavy atom. The molecule has 0 aliphatic rings. The van der Waals surface area contributed by atoms with Crippen LogP contribution in [0.2, 0.25) is 0 Å². The van der Waals surface area contributed by atoms with Gasteiger partial charge in [-0.25, -0.2) is 8.78 Å². The molecule has 0 fully saturated rings. The first kappa shape index (κ1) is 20.0. The van der Waals surface area contributed by atoms with E-state index in [9.17, 15) is 13.2 Å². The maximum Gasteiger partial charge on any atom is 0.201 e. The molecule has 1 nitrogen and oxygen atoms in total. The maximum atomic E-state index is 14.7. The molecule has 3 rings (SSSR count). The van der Waals surface area contributed by atoms with Gasteiger partial charge in [-0.3, -0.25) is 0 Å². The molecule has 0 amide bonds. The molecule has 0 unspecified atom stereocenters. The summed E-state index contributed by atoms with van der Waals surface area (Å²) in [6.45, 7) is 5.80. The molecule has 4 heteroatoms. The van der Waals surface area contributed by atoms with Gasteiger partial charge >= 0.3 is 0 Å². The first-order valence-corrected chi connectivity index (χ1v) is 9.36. The Kier molecular flexibility index (Phi) is 6.08. The fraction of sp³-hybridized carbons (Fsp3) is 0.250. The van der Waals surface area contributed by atoms with Crippen molar-refractivity contribution in [3.8, 4) is 16.9 Å². The lowest BCUT2D eigenvalue weighted by atomic mass is 9.95. The second-order valence-electron chi connectivity index (χ2n) is 6.92. The highest BCUT2D eigenvalue weighted by molar-refractivity contribution is 5.67. The standard InChI is InChI=1S/C24H23F3O/c1-4-28-22-12-11-19(23(26)24(22)27)20-13-16(3)18(14-21(20)25)10-9-17-7-5-15(2)6-8-17/h5-8,11-14H,4,9-10H2,1-3H3. The molecule has 0 bridgehead atoms. The summed E-state index contributed by atoms with van der Waals surface area (Å²) < 4.78 is 48.4. The van der Waals surface area contributed by atoms with Gasteiger partial charge in [0.25, 0.3) is 0 Å². The second-order valence-corrected chi connectivity index (χ2v) is 6.92. The molecule has 0 spiro atoms. The molecule has 0 radical (unpaired) electrons. The van der Waals surface area contributed by atoms with Crippen molar-refractivity contribution in [2.24, 2.45) is 0 Å². The fourth-order valence-electron chi connectivity index (χ4n) is 3.24. The van der Waals surface area contributed by atoms with Crippen molar-refractivity contribution in [3.63, 3.8) is 0 Å². The van der Waals surface area contributed by atoms with Gasteiger partial charge in [-0.05, 0) is 74.6 Å². The summed E-state index contributed by atoms with van der Waals surface area (Å²) in [4.78, 5) is 0. The second kappa shape index (κ2) is 8.51. The van der Waals surface area contributed by atoms with E-state index in [1.54, 1.807) is 13.0 Å². The topological polar surface area (TPSA) is 9.23 Å². The van der Waals surface area contributed by atoms with Crippen molar-refractivity contribution in [1.29, 1.82) is 0 Å². The quantitative estimate of drug-likeness (QED) is 0.467. The molecule has 3 aromatic carbocycles. The number of halogens is 3. The van der Waals surface area contributed by atoms with Crippen molar-refractivity contribution in [2.75, 3.05) is 6.61 Å². The summed E-state index contributed by atoms with van der Waals surface area (Å²) in [5.41, 5.74) is 4.02. The van der Waals surface area contributed by atoms with E-state index in [1.165, 1.54) is 29.3 Å². The number of rotatable bonds is 6. The predicted molar refractivity (Wildman–Crippen MR) is 106 cm³/mol. The van der Waals surface area contributed by atoms with Gasteiger partial charge in [-0.1, -0.05) is 29.8 Å². The van der Waals surface area contributed by atoms with E-state index in [1.807, 2.05) is 13.8 Å². The lowest BCUT2D eigenvalue weighted by Crippen LogP contribution is -2.01. The zero-order valence-electron chi connectivity index (χ0n) is 16.3. The summed E-state index contributed by atoms with van der Waals surface area (Å²) in [5.74, 6) is -2.93. The van der Waals surface area contributed by atoms with Crippen molar-refractivity contribution < 1.29 is 17.9 Å². The normalized spacial score (nSPS) is 10.9. The first-order chi connectivity index (χ1) is 13.4. The third kappa shape index (κ3) is 4.22. The largest absolute Gasteiger partial charge is 0.491 e. The van der Waals surface area contributed by atoms with Gasteiger partial charge < -0.3 is 4.74 Å². The molecule has 0 saturated carbocycles. The highest BCUT2D eigenvalue weighted by Gasteiger charge is 2.19. The van der Waals surface area contributed by atoms with E-state index in [4.69, 9.17) is 4.74 Å². The zero-order chi connectivity index (χ0) is 20.3. The van der Waals surface area contributed by atoms with Crippen LogP contribution in [0, 0.1) is 31.3 Å². The SMILES string of the molecule is CCOc1ccc(-c2cc(C)c(CCc3ccc(C)cc3)cc2F)c(F)c1F. The van der Waals surface area contributed by atoms with Gasteiger partial charge in [0.2, 0.25) is 5.82 Å². The van der Waals surface area contributed by atoms with Crippen LogP contribution < -0.4 is 4.74 Å². The highest BCUT2D eigenvalue weighted by atomic mass is 19.2. The van der Waals surface area contributed by atoms with Gasteiger partial charge in [0.15, 0.2) is 11.6 Å². The van der Waals surface area contributed by atoms with Crippen LogP contribution in [0.4, 0.5) is 13.2 Å². The lowest BCUT2D eigenvalue weighted by Gasteiger charge is -2.13. The van der Waals surface area contributed by atoms with Crippen molar-refractivity contribution in [2.45, 2.75) is 33.6 Å². The fourth-order valence-corrected chi connectivity index (χ4v) is 3.24. The molecule has 0 atom stereocenters. The van der Waals surface area contributed by atoms with Crippen LogP contribution in [0.1, 0.15) is 29.2 Å². The van der Waals surface area contributed by atoms with E-state index < -0.39 is 17.5 Å². The molecule has 146 valence electrons. The van der Waals surface area contributed by atoms with Crippen molar-refractivity contribution in [1.82, 2.24) is 0 Å². The third-order valence-corrected chi connectivity index (χ3v) is 4.87. The van der Waals surface area contributed by atoms with E-state index >= 15 is 0 Å². The molecule has 3 aromatic rings. The third-order valence-electron chi connectivity index (χ3n) is 4.87. The molecular formula is C24H23F3O. The minimum absolute atomic E-state index is 0.0519. The molecule has 28 heavy (non-hydrogen) atoms. The average Bonchev–Trinajstić information content (AvgIpc) is 2.68. The van der Waals surface area contributed by atoms with Gasteiger partial charge in [0.1, 0.15) is 5.82 Å². The number of hydrogen-bond acceptors (Lipinski definition) is 1. The summed E-state index contributed by atoms with van der Waals surface area (Å²) in [6, 6.07) is 13.9. The average molecular weight is 384 g/mol. The van der Waals surface area contributed by atoms with Crippen LogP contribution in [0.15, 0.2) is 48.5 Å². The van der Waals surface area contributed by atoms with Crippen LogP contribution in [0.5, 0.6) is 5.75 Å². The molecule has 0 N–H and O–H groups in total. The predicted octanol–water partition coefficient (Wildman–Crippen LogP) is 6.57. The van der Waals surface area contributed by atoms with Gasteiger partial charge in [0, 0.05) is 11.1 Å². The van der Waals surface area contributed by atoms with Crippen LogP contribution in [-0.2, 0) is 12.8 Å². The zero-order valence-corrected chi connectivity index (χ0v) is 16.3. The molecule has 0 aromatic heterocycles. The maximum absolute atomic E-state index is 14.7. The smallest absolute Gasteiger partial charge is 0.201 e. The number of hydrogen-bond donors (Lipinski definition) is 0. The van der Waals surface area contributed by atoms with Crippen LogP contribution >= 0.6 is 0 Å². The Bertz CT molecular complexity index is 978. The van der Waals surface area contributed by atoms with Crippen LogP contribution in [-0.4, -0.2) is 6.61 Å². The summed E-state index contributed by atoms with van der Waals surface area (Å²) in [5, 5.41) is 0. The van der Waals surface area contributed by atoms with Gasteiger partial charge in [-0.2, -0.15) is 4.39 Å². The van der Waals surface area contributed by atoms with Gasteiger partial charge in [0.05, 0.1) is 6.61 Å². The van der Waals surface area contributed by atoms with E-state index in [0.29, 0.717) is 6.42 Å². The Morgan fingerprint density at radius 2 is 1.50 bits per heavy atom.